The molecule has 2 heterocycles. The van der Waals surface area contributed by atoms with Crippen molar-refractivity contribution in [3.8, 4) is 0 Å². The van der Waals surface area contributed by atoms with Gasteiger partial charge in [-0.25, -0.2) is 9.59 Å². The normalized spacial score (nSPS) is 18.9. The van der Waals surface area contributed by atoms with E-state index < -0.39 is 96.5 Å². The minimum absolute atomic E-state index is 0.296. The number of carbonyl (C=O) groups is 6. The molecule has 0 bridgehead atoms. The zero-order valence-corrected chi connectivity index (χ0v) is 20.2. The second kappa shape index (κ2) is 18.6. The summed E-state index contributed by atoms with van der Waals surface area (Å²) in [6, 6.07) is 0. The number of ether oxygens (including phenoxy) is 2. The van der Waals surface area contributed by atoms with Gasteiger partial charge in [0.25, 0.3) is 0 Å². The van der Waals surface area contributed by atoms with Crippen molar-refractivity contribution in [2.75, 3.05) is 13.2 Å². The highest BCUT2D eigenvalue weighted by atomic mass is 16.6. The van der Waals surface area contributed by atoms with Gasteiger partial charge in [0.1, 0.15) is 12.2 Å². The summed E-state index contributed by atoms with van der Waals surface area (Å²) in [6.45, 7) is -1.34. The van der Waals surface area contributed by atoms with Crippen LogP contribution in [0.25, 0.3) is 0 Å². The summed E-state index contributed by atoms with van der Waals surface area (Å²) in [5, 5.41) is 102. The molecule has 228 valence electrons. The number of rotatable bonds is 10. The quantitative estimate of drug-likeness (QED) is 0.113. The van der Waals surface area contributed by atoms with Gasteiger partial charge in [0.2, 0.25) is 11.5 Å². The van der Waals surface area contributed by atoms with Gasteiger partial charge in [-0.2, -0.15) is 0 Å². The number of carboxylic acids is 4. The Morgan fingerprint density at radius 2 is 0.800 bits per heavy atom. The van der Waals surface area contributed by atoms with Crippen molar-refractivity contribution in [2.24, 2.45) is 0 Å². The Kier molecular flexibility index (Phi) is 17.4. The maximum Gasteiger partial charge on any atom is 0.377 e. The van der Waals surface area contributed by atoms with Crippen LogP contribution in [0.1, 0.15) is 25.7 Å². The molecule has 0 spiro atoms. The first-order valence-electron chi connectivity index (χ1n) is 10.5. The number of aliphatic carboxylic acids is 4. The number of hydrogen-bond acceptors (Lipinski definition) is 16. The first-order valence-corrected chi connectivity index (χ1v) is 10.5. The smallest absolute Gasteiger partial charge is 0.377 e. The highest BCUT2D eigenvalue weighted by Crippen LogP contribution is 2.21. The molecule has 0 aromatic heterocycles. The molecule has 12 N–H and O–H groups in total. The van der Waals surface area contributed by atoms with E-state index in [0.29, 0.717) is 0 Å². The van der Waals surface area contributed by atoms with Gasteiger partial charge < -0.3 is 70.8 Å². The van der Waals surface area contributed by atoms with Crippen molar-refractivity contribution < 1.29 is 99.5 Å². The fraction of sp³-hybridized carbons (Fsp3) is 0.500. The number of cyclic esters (lactones) is 2. The highest BCUT2D eigenvalue weighted by molar-refractivity contribution is 5.89. The average molecular weight is 588 g/mol. The summed E-state index contributed by atoms with van der Waals surface area (Å²) in [5.41, 5.74) is 0. The number of hydrogen-bond donors (Lipinski definition) is 12. The summed E-state index contributed by atoms with van der Waals surface area (Å²) in [7, 11) is 0. The van der Waals surface area contributed by atoms with E-state index in [1.807, 2.05) is 0 Å². The fourth-order valence-electron chi connectivity index (χ4n) is 2.07. The average Bonchev–Trinajstić information content (AvgIpc) is 3.30. The van der Waals surface area contributed by atoms with E-state index in [1.165, 1.54) is 0 Å². The SMILES string of the molecule is O=C(O)CCC(=O)O.O=C(O)CCC(=O)O.O=C1O[C@H]([C@@H](O)CO)C(O)=C1O.O=C1O[C@H]([C@@H](O)CO)C(O)=C1O. The Balaban J connectivity index is 0. The van der Waals surface area contributed by atoms with E-state index in [0.717, 1.165) is 0 Å². The highest BCUT2D eigenvalue weighted by Gasteiger charge is 2.39. The minimum Gasteiger partial charge on any atom is -0.505 e. The number of esters is 2. The molecule has 4 atom stereocenters. The molecule has 0 radical (unpaired) electrons. The molecule has 2 aliphatic heterocycles. The Morgan fingerprint density at radius 3 is 0.925 bits per heavy atom. The van der Waals surface area contributed by atoms with E-state index in [1.54, 1.807) is 0 Å². The van der Waals surface area contributed by atoms with Gasteiger partial charge in [-0.05, 0) is 0 Å². The van der Waals surface area contributed by atoms with Crippen LogP contribution in [-0.2, 0) is 38.2 Å². The third-order valence-electron chi connectivity index (χ3n) is 4.06. The molecule has 2 aliphatic rings. The monoisotopic (exact) mass is 588 g/mol. The molecule has 0 aromatic rings. The van der Waals surface area contributed by atoms with Crippen LogP contribution >= 0.6 is 0 Å². The zero-order chi connectivity index (χ0) is 31.7. The van der Waals surface area contributed by atoms with E-state index in [4.69, 9.17) is 61.3 Å². The Bertz CT molecular complexity index is 875. The first-order chi connectivity index (χ1) is 18.4. The van der Waals surface area contributed by atoms with Crippen LogP contribution in [-0.4, -0.2) is 135 Å². The first kappa shape index (κ1) is 37.5. The van der Waals surface area contributed by atoms with Crippen LogP contribution in [0.5, 0.6) is 0 Å². The molecule has 20 heteroatoms. The molecular formula is C20H28O20. The van der Waals surface area contributed by atoms with Crippen LogP contribution < -0.4 is 0 Å². The topological polar surface area (TPSA) is 364 Å². The van der Waals surface area contributed by atoms with Crippen LogP contribution in [0.15, 0.2) is 23.0 Å². The van der Waals surface area contributed by atoms with Gasteiger partial charge in [0.15, 0.2) is 23.7 Å². The molecule has 0 aliphatic carbocycles. The molecule has 0 fully saturated rings. The third-order valence-corrected chi connectivity index (χ3v) is 4.06. The summed E-state index contributed by atoms with van der Waals surface area (Å²) < 4.78 is 8.63. The molecule has 40 heavy (non-hydrogen) atoms. The van der Waals surface area contributed by atoms with Crippen LogP contribution in [0.3, 0.4) is 0 Å². The third kappa shape index (κ3) is 14.3. The van der Waals surface area contributed by atoms with Gasteiger partial charge in [-0.3, -0.25) is 19.2 Å². The lowest BCUT2D eigenvalue weighted by atomic mass is 10.2. The van der Waals surface area contributed by atoms with E-state index in [9.17, 15) is 28.8 Å². The van der Waals surface area contributed by atoms with Crippen LogP contribution in [0.4, 0.5) is 0 Å². The van der Waals surface area contributed by atoms with Gasteiger partial charge in [0, 0.05) is 0 Å². The lowest BCUT2D eigenvalue weighted by Gasteiger charge is -2.13. The summed E-state index contributed by atoms with van der Waals surface area (Å²) in [5.74, 6) is -9.86. The lowest BCUT2D eigenvalue weighted by Crippen LogP contribution is -2.31. The molecule has 0 saturated carbocycles. The minimum atomic E-state index is -1.42. The van der Waals surface area contributed by atoms with Gasteiger partial charge in [-0.1, -0.05) is 0 Å². The van der Waals surface area contributed by atoms with E-state index in [2.05, 4.69) is 9.47 Å². The number of aliphatic hydroxyl groups excluding tert-OH is 8. The van der Waals surface area contributed by atoms with E-state index >= 15 is 0 Å². The van der Waals surface area contributed by atoms with Gasteiger partial charge >= 0.3 is 35.8 Å². The van der Waals surface area contributed by atoms with Gasteiger partial charge in [0.05, 0.1) is 38.9 Å². The van der Waals surface area contributed by atoms with Gasteiger partial charge in [-0.15, -0.1) is 0 Å². The largest absolute Gasteiger partial charge is 0.505 e. The molecule has 0 unspecified atom stereocenters. The number of carboxylic acid groups (broad SMARTS) is 4. The molecule has 2 rings (SSSR count). The van der Waals surface area contributed by atoms with Crippen LogP contribution in [0.2, 0.25) is 0 Å². The Labute approximate surface area is 222 Å². The van der Waals surface area contributed by atoms with Crippen molar-refractivity contribution in [3.63, 3.8) is 0 Å². The molecule has 0 saturated heterocycles. The second-order valence-electron chi connectivity index (χ2n) is 7.19. The van der Waals surface area contributed by atoms with Crippen molar-refractivity contribution in [2.45, 2.75) is 50.1 Å². The summed E-state index contributed by atoms with van der Waals surface area (Å²) in [4.78, 5) is 59.6. The Hall–Kier alpha value is -4.66. The van der Waals surface area contributed by atoms with Crippen molar-refractivity contribution in [1.82, 2.24) is 0 Å². The molecule has 0 aromatic carbocycles. The van der Waals surface area contributed by atoms with Crippen molar-refractivity contribution >= 4 is 35.8 Å². The lowest BCUT2D eigenvalue weighted by molar-refractivity contribution is -0.148. The standard InChI is InChI=1S/2C6H8O6.2C4H6O4/c2*7-1-2(8)5-3(9)4(10)6(11)12-5;2*5-3(6)1-2-4(7)8/h2*2,5,7-10H,1H2;2*1-2H2,(H,5,6)(H,7,8)/t2*2-,5+;;/m00../s1. The van der Waals surface area contributed by atoms with Crippen molar-refractivity contribution in [3.05, 3.63) is 23.0 Å². The predicted octanol–water partition coefficient (Wildman–Crippen LogP) is -2.94. The van der Waals surface area contributed by atoms with Crippen molar-refractivity contribution in [1.29, 1.82) is 0 Å². The fourth-order valence-corrected chi connectivity index (χ4v) is 2.07. The van der Waals surface area contributed by atoms with E-state index in [-0.39, 0.29) is 25.7 Å². The zero-order valence-electron chi connectivity index (χ0n) is 20.2. The maximum atomic E-state index is 10.5. The summed E-state index contributed by atoms with van der Waals surface area (Å²) >= 11 is 0. The summed E-state index contributed by atoms with van der Waals surface area (Å²) in [6.07, 6.45) is -6.74. The maximum absolute atomic E-state index is 10.5. The molecule has 20 nitrogen and oxygen atoms in total. The molecule has 0 amide bonds. The number of carbonyl (C=O) groups excluding carboxylic acids is 2. The number of aliphatic hydroxyl groups is 8. The predicted molar refractivity (Wildman–Crippen MR) is 120 cm³/mol. The molecular weight excluding hydrogens is 560 g/mol. The second-order valence-corrected chi connectivity index (χ2v) is 7.19. The Morgan fingerprint density at radius 1 is 0.575 bits per heavy atom. The van der Waals surface area contributed by atoms with Crippen LogP contribution in [0, 0.1) is 0 Å².